The lowest BCUT2D eigenvalue weighted by Crippen LogP contribution is -1.98. The van der Waals surface area contributed by atoms with Crippen molar-refractivity contribution in [3.63, 3.8) is 0 Å². The van der Waals surface area contributed by atoms with E-state index >= 15 is 0 Å². The second-order valence-corrected chi connectivity index (χ2v) is 14.6. The summed E-state index contributed by atoms with van der Waals surface area (Å²) >= 11 is 0. The minimum absolute atomic E-state index is 0.704. The van der Waals surface area contributed by atoms with Crippen LogP contribution < -0.4 is 0 Å². The molecule has 0 atom stereocenters. The molecule has 0 saturated heterocycles. The molecule has 0 aliphatic carbocycles. The van der Waals surface area contributed by atoms with E-state index in [9.17, 15) is 0 Å². The molecule has 0 saturated carbocycles. The van der Waals surface area contributed by atoms with Crippen molar-refractivity contribution in [1.29, 1.82) is 0 Å². The fraction of sp³-hybridized carbons (Fsp3) is 0. The van der Waals surface area contributed by atoms with Crippen LogP contribution in [0.3, 0.4) is 0 Å². The summed E-state index contributed by atoms with van der Waals surface area (Å²) in [6.45, 7) is 0. The van der Waals surface area contributed by atoms with Crippen molar-refractivity contribution < 1.29 is 0 Å². The highest BCUT2D eigenvalue weighted by Gasteiger charge is 2.18. The van der Waals surface area contributed by atoms with E-state index in [2.05, 4.69) is 199 Å². The summed E-state index contributed by atoms with van der Waals surface area (Å²) in [5.41, 5.74) is 13.2. The molecule has 11 rings (SSSR count). The molecule has 0 amide bonds. The van der Waals surface area contributed by atoms with Gasteiger partial charge >= 0.3 is 0 Å². The zero-order chi connectivity index (χ0) is 37.7. The van der Waals surface area contributed by atoms with Crippen LogP contribution in [-0.2, 0) is 0 Å². The number of nitrogens with zero attached hydrogens (tertiary/aromatic N) is 3. The zero-order valence-corrected chi connectivity index (χ0v) is 31.0. The quantitative estimate of drug-likeness (QED) is 0.171. The lowest BCUT2D eigenvalue weighted by Gasteiger charge is -2.16. The number of hydrogen-bond acceptors (Lipinski definition) is 2. The Bertz CT molecular complexity index is 3220. The fourth-order valence-corrected chi connectivity index (χ4v) is 8.43. The lowest BCUT2D eigenvalue weighted by molar-refractivity contribution is 1.18. The van der Waals surface area contributed by atoms with Gasteiger partial charge in [0.1, 0.15) is 0 Å². The normalized spacial score (nSPS) is 11.5. The molecule has 0 aliphatic rings. The number of fused-ring (bicyclic) bond motifs is 5. The molecular weight excluding hydrogens is 691 g/mol. The summed E-state index contributed by atoms with van der Waals surface area (Å²) in [7, 11) is 0. The molecule has 0 bridgehead atoms. The summed E-state index contributed by atoms with van der Waals surface area (Å²) in [4.78, 5) is 10.5. The molecule has 57 heavy (non-hydrogen) atoms. The second-order valence-electron chi connectivity index (χ2n) is 14.6. The van der Waals surface area contributed by atoms with E-state index in [0.29, 0.717) is 5.82 Å². The van der Waals surface area contributed by atoms with Gasteiger partial charge in [0.2, 0.25) is 0 Å². The molecule has 0 unspecified atom stereocenters. The Labute approximate surface area is 330 Å². The van der Waals surface area contributed by atoms with Crippen LogP contribution in [0.5, 0.6) is 0 Å². The summed E-state index contributed by atoms with van der Waals surface area (Å²) < 4.78 is 2.36. The Morgan fingerprint density at radius 1 is 0.316 bits per heavy atom. The van der Waals surface area contributed by atoms with E-state index in [1.165, 1.54) is 43.7 Å². The first kappa shape index (κ1) is 32.8. The van der Waals surface area contributed by atoms with Crippen molar-refractivity contribution in [2.75, 3.05) is 0 Å². The fourth-order valence-electron chi connectivity index (χ4n) is 8.43. The molecule has 11 aromatic rings. The Morgan fingerprint density at radius 3 is 1.54 bits per heavy atom. The predicted molar refractivity (Wildman–Crippen MR) is 239 cm³/mol. The molecule has 0 fully saturated rings. The summed E-state index contributed by atoms with van der Waals surface area (Å²) in [5, 5.41) is 7.22. The number of benzene rings is 9. The van der Waals surface area contributed by atoms with E-state index in [-0.39, 0.29) is 0 Å². The third-order valence-corrected chi connectivity index (χ3v) is 11.2. The standard InChI is InChI=1S/C54H35N3/c1-3-13-37(14-4-1)46-32-29-38-15-7-8-18-45(38)53(46)50-35-49(55-54(56-50)39-16-5-2-6-17-39)43-26-25-41-33-40(23-24-42(41)34-43)36-27-30-44(31-28-36)57-51-21-11-9-19-47(51)48-20-10-12-22-52(48)57/h1-35H. The van der Waals surface area contributed by atoms with Gasteiger partial charge in [0.15, 0.2) is 5.82 Å². The van der Waals surface area contributed by atoms with Crippen LogP contribution in [0.2, 0.25) is 0 Å². The highest BCUT2D eigenvalue weighted by atomic mass is 15.0. The van der Waals surface area contributed by atoms with Crippen molar-refractivity contribution in [2.45, 2.75) is 0 Å². The molecule has 2 aromatic heterocycles. The first-order valence-corrected chi connectivity index (χ1v) is 19.4. The van der Waals surface area contributed by atoms with Gasteiger partial charge in [0.05, 0.1) is 22.4 Å². The van der Waals surface area contributed by atoms with Gasteiger partial charge in [-0.1, -0.05) is 170 Å². The number of hydrogen-bond donors (Lipinski definition) is 0. The van der Waals surface area contributed by atoms with Crippen LogP contribution in [-0.4, -0.2) is 14.5 Å². The van der Waals surface area contributed by atoms with Crippen molar-refractivity contribution >= 4 is 43.4 Å². The molecule has 0 radical (unpaired) electrons. The zero-order valence-electron chi connectivity index (χ0n) is 31.0. The van der Waals surface area contributed by atoms with Gasteiger partial charge in [-0.25, -0.2) is 9.97 Å². The Balaban J connectivity index is 0.998. The third-order valence-electron chi connectivity index (χ3n) is 11.2. The van der Waals surface area contributed by atoms with Gasteiger partial charge in [-0.05, 0) is 86.3 Å². The first-order chi connectivity index (χ1) is 28.2. The second kappa shape index (κ2) is 13.6. The van der Waals surface area contributed by atoms with Gasteiger partial charge in [-0.2, -0.15) is 0 Å². The van der Waals surface area contributed by atoms with Gasteiger partial charge in [0.25, 0.3) is 0 Å². The van der Waals surface area contributed by atoms with E-state index in [1.54, 1.807) is 0 Å². The number of para-hydroxylation sites is 2. The van der Waals surface area contributed by atoms with Crippen molar-refractivity contribution in [3.05, 3.63) is 212 Å². The maximum Gasteiger partial charge on any atom is 0.160 e. The van der Waals surface area contributed by atoms with Crippen LogP contribution in [0.1, 0.15) is 0 Å². The Morgan fingerprint density at radius 2 is 0.842 bits per heavy atom. The smallest absolute Gasteiger partial charge is 0.160 e. The van der Waals surface area contributed by atoms with Crippen LogP contribution in [0.25, 0.3) is 105 Å². The molecule has 3 heteroatoms. The molecule has 0 aliphatic heterocycles. The molecule has 0 N–H and O–H groups in total. The largest absolute Gasteiger partial charge is 0.309 e. The Hall–Kier alpha value is -7.62. The number of aromatic nitrogens is 3. The highest BCUT2D eigenvalue weighted by molar-refractivity contribution is 6.09. The van der Waals surface area contributed by atoms with Crippen LogP contribution in [0, 0.1) is 0 Å². The maximum absolute atomic E-state index is 5.28. The minimum Gasteiger partial charge on any atom is -0.309 e. The van der Waals surface area contributed by atoms with E-state index in [4.69, 9.17) is 9.97 Å². The first-order valence-electron chi connectivity index (χ1n) is 19.4. The number of rotatable bonds is 6. The highest BCUT2D eigenvalue weighted by Crippen LogP contribution is 2.40. The summed E-state index contributed by atoms with van der Waals surface area (Å²) in [6.07, 6.45) is 0. The Kier molecular flexibility index (Phi) is 7.82. The minimum atomic E-state index is 0.704. The van der Waals surface area contributed by atoms with Crippen LogP contribution in [0.15, 0.2) is 212 Å². The van der Waals surface area contributed by atoms with Gasteiger partial charge in [0, 0.05) is 33.2 Å². The van der Waals surface area contributed by atoms with E-state index < -0.39 is 0 Å². The third kappa shape index (κ3) is 5.76. The molecular formula is C54H35N3. The molecule has 9 aromatic carbocycles. The van der Waals surface area contributed by atoms with E-state index in [1.807, 2.05) is 18.2 Å². The van der Waals surface area contributed by atoms with Crippen LogP contribution in [0.4, 0.5) is 0 Å². The van der Waals surface area contributed by atoms with Crippen LogP contribution >= 0.6 is 0 Å². The van der Waals surface area contributed by atoms with Crippen molar-refractivity contribution in [1.82, 2.24) is 14.5 Å². The van der Waals surface area contributed by atoms with Gasteiger partial charge < -0.3 is 4.57 Å². The van der Waals surface area contributed by atoms with Gasteiger partial charge in [-0.3, -0.25) is 0 Å². The molecule has 0 spiro atoms. The molecule has 2 heterocycles. The van der Waals surface area contributed by atoms with Crippen molar-refractivity contribution in [2.24, 2.45) is 0 Å². The summed E-state index contributed by atoms with van der Waals surface area (Å²) in [6, 6.07) is 75.7. The average molecular weight is 726 g/mol. The lowest BCUT2D eigenvalue weighted by atomic mass is 9.91. The van der Waals surface area contributed by atoms with Gasteiger partial charge in [-0.15, -0.1) is 0 Å². The monoisotopic (exact) mass is 725 g/mol. The van der Waals surface area contributed by atoms with Crippen molar-refractivity contribution in [3.8, 4) is 61.8 Å². The molecule has 266 valence electrons. The SMILES string of the molecule is c1ccc(-c2nc(-c3ccc4cc(-c5ccc(-n6c7ccccc7c7ccccc76)cc5)ccc4c3)cc(-c3c(-c4ccccc4)ccc4ccccc34)n2)cc1. The molecule has 3 nitrogen and oxygen atoms in total. The maximum atomic E-state index is 5.28. The summed E-state index contributed by atoms with van der Waals surface area (Å²) in [5.74, 6) is 0.704. The topological polar surface area (TPSA) is 30.7 Å². The average Bonchev–Trinajstić information content (AvgIpc) is 3.63. The predicted octanol–water partition coefficient (Wildman–Crippen LogP) is 14.2. The van der Waals surface area contributed by atoms with E-state index in [0.717, 1.165) is 55.7 Å².